The molecule has 0 aromatic heterocycles. The Balaban J connectivity index is 0.000000177. The van der Waals surface area contributed by atoms with E-state index in [0.29, 0.717) is 5.92 Å². The van der Waals surface area contributed by atoms with Gasteiger partial charge in [0.25, 0.3) is 0 Å². The molecule has 3 heteroatoms. The Morgan fingerprint density at radius 2 is 1.10 bits per heavy atom. The van der Waals surface area contributed by atoms with Crippen LogP contribution in [0.1, 0.15) is 72.9 Å². The fourth-order valence-electron chi connectivity index (χ4n) is 13.0. The van der Waals surface area contributed by atoms with Crippen molar-refractivity contribution in [1.29, 1.82) is 0 Å². The van der Waals surface area contributed by atoms with E-state index in [2.05, 4.69) is 226 Å². The van der Waals surface area contributed by atoms with Crippen LogP contribution < -0.4 is 24.8 Å². The molecule has 60 heavy (non-hydrogen) atoms. The van der Waals surface area contributed by atoms with Crippen LogP contribution >= 0.6 is 0 Å². The van der Waals surface area contributed by atoms with E-state index in [1.807, 2.05) is 12.2 Å². The summed E-state index contributed by atoms with van der Waals surface area (Å²) in [5.74, 6) is 0.460. The number of hydrogen-bond acceptors (Lipinski definition) is 0. The maximum atomic E-state index is 2.99. The van der Waals surface area contributed by atoms with E-state index in [1.165, 1.54) is 62.5 Å². The third-order valence-corrected chi connectivity index (χ3v) is 18.1. The van der Waals surface area contributed by atoms with Crippen LogP contribution in [0.3, 0.4) is 0 Å². The average molecular weight is 907 g/mol. The number of benzene rings is 4. The van der Waals surface area contributed by atoms with Crippen molar-refractivity contribution in [2.75, 3.05) is 0 Å². The molecular weight excluding hydrogens is 847 g/mol. The van der Waals surface area contributed by atoms with Crippen molar-refractivity contribution < 1.29 is 49.0 Å². The molecule has 0 nitrogen and oxygen atoms in total. The van der Waals surface area contributed by atoms with Gasteiger partial charge in [0.15, 0.2) is 0 Å². The van der Waals surface area contributed by atoms with Crippen LogP contribution in [0.4, 0.5) is 0 Å². The summed E-state index contributed by atoms with van der Waals surface area (Å²) in [5.41, 5.74) is 4.62. The molecule has 308 valence electrons. The molecule has 0 radical (unpaired) electrons. The van der Waals surface area contributed by atoms with Crippen LogP contribution in [-0.2, 0) is 37.1 Å². The summed E-state index contributed by atoms with van der Waals surface area (Å²) in [7, 11) is 0. The zero-order valence-corrected chi connectivity index (χ0v) is 40.7. The van der Waals surface area contributed by atoms with Crippen LogP contribution in [-0.4, -0.2) is 3.21 Å². The fourth-order valence-corrected chi connectivity index (χ4v) is 13.9. The molecule has 2 fully saturated rings. The van der Waals surface area contributed by atoms with E-state index in [9.17, 15) is 0 Å². The Morgan fingerprint density at radius 3 is 1.60 bits per heavy atom. The SMILES string of the molecule is CC1=CC=CC2[CH-]C3(C)C4(C)C=CC=CC4(C)C4(C)C=CC=CC4(C)C3(C)C12C.[C-]1=CC=CC1.[Cl-].[Cl-].[Zr+2]=[C](Cc1cccc2ccccc12)Cc1cccc2ccccc12. The number of rotatable bonds is 4. The van der Waals surface area contributed by atoms with Crippen molar-refractivity contribution in [2.24, 2.45) is 43.8 Å². The minimum atomic E-state index is 0. The third-order valence-electron chi connectivity index (χ3n) is 17.2. The fraction of sp³-hybridized carbons (Fsp3) is 0.333. The van der Waals surface area contributed by atoms with Gasteiger partial charge in [-0.25, -0.2) is 12.2 Å². The first kappa shape index (κ1) is 46.2. The van der Waals surface area contributed by atoms with Gasteiger partial charge in [0.05, 0.1) is 0 Å². The van der Waals surface area contributed by atoms with Crippen LogP contribution in [0.5, 0.6) is 0 Å². The van der Waals surface area contributed by atoms with E-state index in [-0.39, 0.29) is 62.7 Å². The van der Waals surface area contributed by atoms with Crippen LogP contribution in [0.15, 0.2) is 176 Å². The zero-order valence-electron chi connectivity index (χ0n) is 36.7. The molecular formula is C57H60Cl2Zr-2. The molecule has 8 unspecified atom stereocenters. The molecule has 2 saturated carbocycles. The van der Waals surface area contributed by atoms with Gasteiger partial charge in [-0.1, -0.05) is 115 Å². The molecule has 0 spiro atoms. The average Bonchev–Trinajstić information content (AvgIpc) is 3.88. The van der Waals surface area contributed by atoms with Gasteiger partial charge in [-0.05, 0) is 28.6 Å². The number of hydrogen-bond donors (Lipinski definition) is 0. The third kappa shape index (κ3) is 6.49. The second kappa shape index (κ2) is 17.1. The van der Waals surface area contributed by atoms with E-state index >= 15 is 0 Å². The van der Waals surface area contributed by atoms with Crippen molar-refractivity contribution >= 4 is 24.8 Å². The predicted octanol–water partition coefficient (Wildman–Crippen LogP) is 8.46. The summed E-state index contributed by atoms with van der Waals surface area (Å²) in [5, 5.41) is 5.45. The van der Waals surface area contributed by atoms with Gasteiger partial charge >= 0.3 is 158 Å². The molecule has 6 aliphatic rings. The Bertz CT molecular complexity index is 2430. The Hall–Kier alpha value is -3.35. The van der Waals surface area contributed by atoms with Gasteiger partial charge in [0, 0.05) is 10.8 Å². The molecule has 0 aliphatic heterocycles. The summed E-state index contributed by atoms with van der Waals surface area (Å²) in [6.45, 7) is 20.3. The van der Waals surface area contributed by atoms with Crippen molar-refractivity contribution in [3.05, 3.63) is 199 Å². The molecule has 0 saturated heterocycles. The Morgan fingerprint density at radius 1 is 0.617 bits per heavy atom. The van der Waals surface area contributed by atoms with Crippen molar-refractivity contribution in [1.82, 2.24) is 0 Å². The normalized spacial score (nSPS) is 34.4. The monoisotopic (exact) mass is 904 g/mol. The Labute approximate surface area is 388 Å². The molecule has 0 amide bonds. The van der Waals surface area contributed by atoms with E-state index in [4.69, 9.17) is 0 Å². The zero-order chi connectivity index (χ0) is 41.0. The number of allylic oxidation sites excluding steroid dienone is 16. The van der Waals surface area contributed by atoms with Crippen molar-refractivity contribution in [3.8, 4) is 0 Å². The summed E-state index contributed by atoms with van der Waals surface area (Å²) in [6, 6.07) is 30.7. The number of halogens is 2. The molecule has 10 rings (SSSR count). The first-order chi connectivity index (χ1) is 27.7. The molecule has 4 aromatic rings. The first-order valence-corrected chi connectivity index (χ1v) is 22.6. The van der Waals surface area contributed by atoms with Crippen LogP contribution in [0.2, 0.25) is 0 Å². The van der Waals surface area contributed by atoms with Crippen LogP contribution in [0, 0.1) is 56.3 Å². The van der Waals surface area contributed by atoms with Gasteiger partial charge in [0.1, 0.15) is 0 Å². The molecule has 0 bridgehead atoms. The van der Waals surface area contributed by atoms with Crippen molar-refractivity contribution in [3.63, 3.8) is 0 Å². The molecule has 6 aliphatic carbocycles. The Kier molecular flexibility index (Phi) is 13.1. The second-order valence-electron chi connectivity index (χ2n) is 18.9. The van der Waals surface area contributed by atoms with Crippen LogP contribution in [0.25, 0.3) is 21.5 Å². The van der Waals surface area contributed by atoms with Gasteiger partial charge in [0.2, 0.25) is 0 Å². The summed E-state index contributed by atoms with van der Waals surface area (Å²) in [4.78, 5) is 0. The van der Waals surface area contributed by atoms with E-state index < -0.39 is 0 Å². The van der Waals surface area contributed by atoms with E-state index in [0.717, 1.165) is 19.3 Å². The van der Waals surface area contributed by atoms with E-state index in [1.54, 1.807) is 3.21 Å². The summed E-state index contributed by atoms with van der Waals surface area (Å²) in [6.07, 6.45) is 41.4. The number of fused-ring (bicyclic) bond motifs is 10. The standard InChI is InChI=1S/C29H37.C23H18.C5H5.2ClH.Zr/c1-21-14-13-15-22-20-27(6)25(4)18-10-9-16-23(25,2)24(3)17-11-12-19-26(24,5)29(27,8)28(21,22)7;1-3-16-22-18(8-1)10-5-12-20(22)14-7-15-21-13-6-11-19-9-2-4-17-23(19)21;1-2-4-5-3-1;;;/h9-20,22H,1-8H3;1-6,8-13,16-17H,14-15H2;1-3H,4H2;2*1H;/q-1;;-1;;;+2/p-2. The molecule has 4 aromatic carbocycles. The first-order valence-electron chi connectivity index (χ1n) is 21.4. The summed E-state index contributed by atoms with van der Waals surface area (Å²) >= 11 is 1.53. The van der Waals surface area contributed by atoms with Gasteiger partial charge in [-0.15, -0.1) is 23.8 Å². The molecule has 0 N–H and O–H groups in total. The van der Waals surface area contributed by atoms with Gasteiger partial charge in [-0.2, -0.15) is 6.08 Å². The van der Waals surface area contributed by atoms with Gasteiger partial charge in [-0.3, -0.25) is 6.08 Å². The second-order valence-corrected chi connectivity index (χ2v) is 20.7. The minimum absolute atomic E-state index is 0. The van der Waals surface area contributed by atoms with Crippen molar-refractivity contribution in [2.45, 2.75) is 74.7 Å². The quantitative estimate of drug-likeness (QED) is 0.181. The molecule has 8 atom stereocenters. The predicted molar refractivity (Wildman–Crippen MR) is 246 cm³/mol. The maximum absolute atomic E-state index is 2.99. The topological polar surface area (TPSA) is 0 Å². The summed E-state index contributed by atoms with van der Waals surface area (Å²) < 4.78 is 1.59. The molecule has 0 heterocycles. The van der Waals surface area contributed by atoms with Gasteiger partial charge < -0.3 is 31.2 Å².